The molecule has 0 amide bonds. The molecule has 94 valence electrons. The van der Waals surface area contributed by atoms with Crippen LogP contribution in [-0.4, -0.2) is 24.8 Å². The van der Waals surface area contributed by atoms with Crippen LogP contribution in [0.3, 0.4) is 0 Å². The average Bonchev–Trinajstić information content (AvgIpc) is 3.08. The molecule has 0 saturated heterocycles. The van der Waals surface area contributed by atoms with Gasteiger partial charge in [-0.25, -0.2) is 8.42 Å². The van der Waals surface area contributed by atoms with Gasteiger partial charge in [-0.2, -0.15) is 0 Å². The maximum absolute atomic E-state index is 11.6. The molecule has 0 bridgehead atoms. The van der Waals surface area contributed by atoms with Crippen LogP contribution in [0.4, 0.5) is 0 Å². The van der Waals surface area contributed by atoms with Gasteiger partial charge in [-0.1, -0.05) is 19.1 Å². The fourth-order valence-electron chi connectivity index (χ4n) is 1.77. The van der Waals surface area contributed by atoms with Crippen molar-refractivity contribution in [3.8, 4) is 0 Å². The minimum Gasteiger partial charge on any atom is -0.386 e. The molecule has 4 nitrogen and oxygen atoms in total. The zero-order valence-electron chi connectivity index (χ0n) is 9.76. The summed E-state index contributed by atoms with van der Waals surface area (Å²) in [6.07, 6.45) is 0.910. The molecule has 1 unspecified atom stereocenters. The maximum Gasteiger partial charge on any atom is 0.178 e. The summed E-state index contributed by atoms with van der Waals surface area (Å²) in [5, 5.41) is 10.00. The zero-order valence-corrected chi connectivity index (χ0v) is 10.6. The van der Waals surface area contributed by atoms with Crippen LogP contribution in [0.5, 0.6) is 0 Å². The highest BCUT2D eigenvalue weighted by Crippen LogP contribution is 2.43. The molecule has 2 rings (SSSR count). The maximum atomic E-state index is 11.6. The van der Waals surface area contributed by atoms with Crippen LogP contribution in [0.1, 0.15) is 31.4 Å². The van der Waals surface area contributed by atoms with Gasteiger partial charge in [-0.05, 0) is 30.5 Å². The fraction of sp³-hybridized carbons (Fsp3) is 0.500. The summed E-state index contributed by atoms with van der Waals surface area (Å²) < 4.78 is 23.2. The summed E-state index contributed by atoms with van der Waals surface area (Å²) in [5.41, 5.74) is 6.08. The number of aliphatic hydroxyl groups is 1. The molecule has 17 heavy (non-hydrogen) atoms. The van der Waals surface area contributed by atoms with Crippen LogP contribution < -0.4 is 5.73 Å². The van der Waals surface area contributed by atoms with E-state index in [1.54, 1.807) is 19.1 Å². The highest BCUT2D eigenvalue weighted by molar-refractivity contribution is 7.91. The lowest BCUT2D eigenvalue weighted by molar-refractivity contribution is 0.136. The molecule has 5 heteroatoms. The van der Waals surface area contributed by atoms with Crippen molar-refractivity contribution in [2.45, 2.75) is 36.3 Å². The summed E-state index contributed by atoms with van der Waals surface area (Å²) >= 11 is 0. The van der Waals surface area contributed by atoms with E-state index in [9.17, 15) is 13.5 Å². The number of sulfone groups is 1. The van der Waals surface area contributed by atoms with E-state index in [4.69, 9.17) is 5.73 Å². The first-order valence-electron chi connectivity index (χ1n) is 5.69. The lowest BCUT2D eigenvalue weighted by atomic mass is 10.0. The van der Waals surface area contributed by atoms with Gasteiger partial charge in [-0.3, -0.25) is 0 Å². The molecule has 1 saturated carbocycles. The van der Waals surface area contributed by atoms with Gasteiger partial charge in [0.15, 0.2) is 9.84 Å². The van der Waals surface area contributed by atoms with Gasteiger partial charge in [0.05, 0.1) is 16.8 Å². The van der Waals surface area contributed by atoms with E-state index in [2.05, 4.69) is 0 Å². The van der Waals surface area contributed by atoms with E-state index in [0.29, 0.717) is 5.56 Å². The van der Waals surface area contributed by atoms with Crippen LogP contribution in [0.25, 0.3) is 0 Å². The summed E-state index contributed by atoms with van der Waals surface area (Å²) in [6, 6.07) is 6.34. The molecule has 0 heterocycles. The molecule has 1 aliphatic rings. The molecule has 1 fully saturated rings. The normalized spacial score (nSPS) is 19.9. The second-order valence-electron chi connectivity index (χ2n) is 4.61. The van der Waals surface area contributed by atoms with Crippen molar-refractivity contribution < 1.29 is 13.5 Å². The van der Waals surface area contributed by atoms with Crippen LogP contribution >= 0.6 is 0 Å². The quantitative estimate of drug-likeness (QED) is 0.841. The average molecular weight is 255 g/mol. The highest BCUT2D eigenvalue weighted by atomic mass is 32.2. The smallest absolute Gasteiger partial charge is 0.178 e. The Kier molecular flexibility index (Phi) is 3.01. The fourth-order valence-corrected chi connectivity index (χ4v) is 2.66. The van der Waals surface area contributed by atoms with E-state index in [-0.39, 0.29) is 10.6 Å². The zero-order chi connectivity index (χ0) is 12.7. The first-order chi connectivity index (χ1) is 7.89. The van der Waals surface area contributed by atoms with Crippen LogP contribution in [0.15, 0.2) is 29.2 Å². The van der Waals surface area contributed by atoms with Crippen LogP contribution in [-0.2, 0) is 9.84 Å². The van der Waals surface area contributed by atoms with Crippen molar-refractivity contribution in [1.82, 2.24) is 0 Å². The third-order valence-electron chi connectivity index (χ3n) is 3.31. The van der Waals surface area contributed by atoms with E-state index in [1.807, 2.05) is 0 Å². The number of hydrogen-bond acceptors (Lipinski definition) is 4. The monoisotopic (exact) mass is 255 g/mol. The summed E-state index contributed by atoms with van der Waals surface area (Å²) in [6.45, 7) is 1.61. The Morgan fingerprint density at radius 1 is 1.35 bits per heavy atom. The minimum absolute atomic E-state index is 0.0791. The number of benzene rings is 1. The molecule has 1 aliphatic carbocycles. The number of hydrogen-bond donors (Lipinski definition) is 2. The van der Waals surface area contributed by atoms with E-state index in [1.165, 1.54) is 12.1 Å². The van der Waals surface area contributed by atoms with Crippen molar-refractivity contribution in [2.75, 3.05) is 5.75 Å². The Morgan fingerprint density at radius 2 is 1.88 bits per heavy atom. The van der Waals surface area contributed by atoms with E-state index >= 15 is 0 Å². The number of aliphatic hydroxyl groups excluding tert-OH is 1. The molecule has 1 atom stereocenters. The van der Waals surface area contributed by atoms with Gasteiger partial charge < -0.3 is 10.8 Å². The molecule has 1 aromatic carbocycles. The van der Waals surface area contributed by atoms with Gasteiger partial charge in [0.25, 0.3) is 0 Å². The Hall–Kier alpha value is -0.910. The predicted octanol–water partition coefficient (Wildman–Crippen LogP) is 1.00. The van der Waals surface area contributed by atoms with Gasteiger partial charge >= 0.3 is 0 Å². The summed E-state index contributed by atoms with van der Waals surface area (Å²) in [5.74, 6) is 0.0791. The molecular weight excluding hydrogens is 238 g/mol. The van der Waals surface area contributed by atoms with Crippen molar-refractivity contribution in [3.05, 3.63) is 29.8 Å². The van der Waals surface area contributed by atoms with Crippen molar-refractivity contribution >= 4 is 9.84 Å². The Morgan fingerprint density at radius 3 is 2.29 bits per heavy atom. The highest BCUT2D eigenvalue weighted by Gasteiger charge is 2.45. The molecular formula is C12H17NO3S. The molecule has 0 radical (unpaired) electrons. The molecule has 1 aromatic rings. The third-order valence-corrected chi connectivity index (χ3v) is 5.06. The van der Waals surface area contributed by atoms with Crippen molar-refractivity contribution in [2.24, 2.45) is 5.73 Å². The Balaban J connectivity index is 2.24. The summed E-state index contributed by atoms with van der Waals surface area (Å²) in [7, 11) is -3.17. The van der Waals surface area contributed by atoms with Gasteiger partial charge in [-0.15, -0.1) is 0 Å². The van der Waals surface area contributed by atoms with Gasteiger partial charge in [0.2, 0.25) is 0 Å². The van der Waals surface area contributed by atoms with Crippen molar-refractivity contribution in [3.63, 3.8) is 0 Å². The standard InChI is InChI=1S/C12H17NO3S/c1-2-17(15,16)10-5-3-9(4-6-10)11(14)12(13)7-8-12/h3-6,11,14H,2,7-8,13H2,1H3. The third kappa shape index (κ3) is 2.36. The lowest BCUT2D eigenvalue weighted by Crippen LogP contribution is -2.30. The number of rotatable bonds is 4. The number of nitrogens with two attached hydrogens (primary N) is 1. The largest absolute Gasteiger partial charge is 0.386 e. The lowest BCUT2D eigenvalue weighted by Gasteiger charge is -2.18. The second-order valence-corrected chi connectivity index (χ2v) is 6.89. The second kappa shape index (κ2) is 4.08. The molecule has 0 spiro atoms. The topological polar surface area (TPSA) is 80.4 Å². The Labute approximate surface area is 101 Å². The molecule has 3 N–H and O–H groups in total. The van der Waals surface area contributed by atoms with Crippen molar-refractivity contribution in [1.29, 1.82) is 0 Å². The molecule has 0 aliphatic heterocycles. The molecule has 0 aromatic heterocycles. The van der Waals surface area contributed by atoms with Crippen LogP contribution in [0.2, 0.25) is 0 Å². The SMILES string of the molecule is CCS(=O)(=O)c1ccc(C(O)C2(N)CC2)cc1. The van der Waals surface area contributed by atoms with Gasteiger partial charge in [0.1, 0.15) is 0 Å². The Bertz CT molecular complexity index is 503. The van der Waals surface area contributed by atoms with Gasteiger partial charge in [0, 0.05) is 5.54 Å². The van der Waals surface area contributed by atoms with Crippen LogP contribution in [0, 0.1) is 0 Å². The first kappa shape index (κ1) is 12.5. The van der Waals surface area contributed by atoms with E-state index < -0.39 is 21.5 Å². The first-order valence-corrected chi connectivity index (χ1v) is 7.34. The van der Waals surface area contributed by atoms with E-state index in [0.717, 1.165) is 12.8 Å². The summed E-state index contributed by atoms with van der Waals surface area (Å²) in [4.78, 5) is 0.290. The minimum atomic E-state index is -3.17. The predicted molar refractivity (Wildman–Crippen MR) is 65.3 cm³/mol.